The third kappa shape index (κ3) is 3.47. The predicted octanol–water partition coefficient (Wildman–Crippen LogP) is 2.29. The fourth-order valence-electron chi connectivity index (χ4n) is 2.65. The van der Waals surface area contributed by atoms with E-state index in [0.29, 0.717) is 19.1 Å². The number of hydrogen-bond donors (Lipinski definition) is 1. The molecule has 1 aliphatic rings. The van der Waals surface area contributed by atoms with Crippen LogP contribution in [-0.2, 0) is 6.54 Å². The van der Waals surface area contributed by atoms with Gasteiger partial charge in [-0.15, -0.1) is 0 Å². The molecule has 1 unspecified atom stereocenters. The van der Waals surface area contributed by atoms with Crippen LogP contribution in [0.3, 0.4) is 0 Å². The second-order valence-electron chi connectivity index (χ2n) is 4.94. The van der Waals surface area contributed by atoms with Crippen molar-refractivity contribution in [1.29, 1.82) is 0 Å². The lowest BCUT2D eigenvalue weighted by molar-refractivity contribution is 0.248. The molecule has 1 saturated heterocycles. The fourth-order valence-corrected chi connectivity index (χ4v) is 2.65. The summed E-state index contributed by atoms with van der Waals surface area (Å²) in [6, 6.07) is 8.27. The number of aliphatic hydroxyl groups excluding tert-OH is 1. The van der Waals surface area contributed by atoms with Crippen LogP contribution in [0, 0.1) is 5.92 Å². The highest BCUT2D eigenvalue weighted by atomic mass is 16.5. The van der Waals surface area contributed by atoms with Gasteiger partial charge in [0.15, 0.2) is 0 Å². The monoisotopic (exact) mass is 249 g/mol. The number of benzene rings is 1. The molecule has 2 rings (SSSR count). The van der Waals surface area contributed by atoms with E-state index in [4.69, 9.17) is 9.84 Å². The molecule has 1 N–H and O–H groups in total. The molecule has 0 radical (unpaired) electrons. The average molecular weight is 249 g/mol. The maximum atomic E-state index is 8.98. The minimum Gasteiger partial charge on any atom is -0.494 e. The summed E-state index contributed by atoms with van der Waals surface area (Å²) < 4.78 is 5.65. The highest BCUT2D eigenvalue weighted by Gasteiger charge is 2.22. The molecule has 100 valence electrons. The zero-order valence-electron chi connectivity index (χ0n) is 11.1. The second-order valence-corrected chi connectivity index (χ2v) is 4.94. The summed E-state index contributed by atoms with van der Waals surface area (Å²) in [6.07, 6.45) is 2.14. The van der Waals surface area contributed by atoms with Crippen LogP contribution < -0.4 is 4.74 Å². The lowest BCUT2D eigenvalue weighted by Gasteiger charge is -2.18. The molecule has 1 heterocycles. The Morgan fingerprint density at radius 3 is 3.00 bits per heavy atom. The highest BCUT2D eigenvalue weighted by molar-refractivity contribution is 5.33. The maximum absolute atomic E-state index is 8.98. The molecule has 18 heavy (non-hydrogen) atoms. The van der Waals surface area contributed by atoms with Gasteiger partial charge in [-0.05, 0) is 38.3 Å². The number of hydrogen-bond acceptors (Lipinski definition) is 3. The largest absolute Gasteiger partial charge is 0.494 e. The average Bonchev–Trinajstić information content (AvgIpc) is 2.80. The molecule has 1 aromatic rings. The Labute approximate surface area is 109 Å². The first-order chi connectivity index (χ1) is 8.83. The molecule has 0 aliphatic carbocycles. The SMILES string of the molecule is CCOc1ccccc1CN1CCC(CCO)C1. The van der Waals surface area contributed by atoms with Crippen LogP contribution in [0.2, 0.25) is 0 Å². The van der Waals surface area contributed by atoms with Gasteiger partial charge in [0.1, 0.15) is 5.75 Å². The van der Waals surface area contributed by atoms with E-state index in [9.17, 15) is 0 Å². The van der Waals surface area contributed by atoms with Gasteiger partial charge in [-0.2, -0.15) is 0 Å². The van der Waals surface area contributed by atoms with Gasteiger partial charge in [0.25, 0.3) is 0 Å². The third-order valence-corrected chi connectivity index (χ3v) is 3.57. The van der Waals surface area contributed by atoms with Crippen LogP contribution in [0.4, 0.5) is 0 Å². The number of likely N-dealkylation sites (tertiary alicyclic amines) is 1. The molecule has 0 saturated carbocycles. The van der Waals surface area contributed by atoms with Gasteiger partial charge in [-0.1, -0.05) is 18.2 Å². The van der Waals surface area contributed by atoms with Crippen LogP contribution >= 0.6 is 0 Å². The Balaban J connectivity index is 1.93. The fraction of sp³-hybridized carbons (Fsp3) is 0.600. The molecule has 3 nitrogen and oxygen atoms in total. The summed E-state index contributed by atoms with van der Waals surface area (Å²) in [6.45, 7) is 6.23. The van der Waals surface area contributed by atoms with Crippen molar-refractivity contribution in [2.75, 3.05) is 26.3 Å². The van der Waals surface area contributed by atoms with Crippen molar-refractivity contribution in [2.24, 2.45) is 5.92 Å². The normalized spacial score (nSPS) is 20.2. The van der Waals surface area contributed by atoms with Crippen molar-refractivity contribution >= 4 is 0 Å². The minimum atomic E-state index is 0.314. The Kier molecular flexibility index (Phi) is 5.02. The molecule has 1 fully saturated rings. The zero-order valence-corrected chi connectivity index (χ0v) is 11.1. The Bertz CT molecular complexity index is 367. The molecule has 0 bridgehead atoms. The molecule has 1 aliphatic heterocycles. The Morgan fingerprint density at radius 2 is 2.22 bits per heavy atom. The van der Waals surface area contributed by atoms with Gasteiger partial charge in [0.05, 0.1) is 6.61 Å². The molecule has 0 amide bonds. The highest BCUT2D eigenvalue weighted by Crippen LogP contribution is 2.25. The molecular weight excluding hydrogens is 226 g/mol. The molecule has 0 aromatic heterocycles. The molecule has 1 aromatic carbocycles. The number of ether oxygens (including phenoxy) is 1. The van der Waals surface area contributed by atoms with Crippen LogP contribution in [0.1, 0.15) is 25.3 Å². The van der Waals surface area contributed by atoms with E-state index in [0.717, 1.165) is 31.8 Å². The second kappa shape index (κ2) is 6.76. The van der Waals surface area contributed by atoms with Gasteiger partial charge in [-0.3, -0.25) is 4.90 Å². The van der Waals surface area contributed by atoms with Crippen molar-refractivity contribution in [3.8, 4) is 5.75 Å². The first kappa shape index (κ1) is 13.4. The van der Waals surface area contributed by atoms with E-state index in [1.165, 1.54) is 12.0 Å². The van der Waals surface area contributed by atoms with E-state index in [1.54, 1.807) is 0 Å². The van der Waals surface area contributed by atoms with Crippen LogP contribution in [0.5, 0.6) is 5.75 Å². The van der Waals surface area contributed by atoms with Crippen molar-refractivity contribution in [1.82, 2.24) is 4.90 Å². The van der Waals surface area contributed by atoms with Crippen LogP contribution in [0.15, 0.2) is 24.3 Å². The molecule has 1 atom stereocenters. The molecular formula is C15H23NO2. The van der Waals surface area contributed by atoms with Gasteiger partial charge >= 0.3 is 0 Å². The predicted molar refractivity (Wildman–Crippen MR) is 72.7 cm³/mol. The number of nitrogens with zero attached hydrogens (tertiary/aromatic N) is 1. The van der Waals surface area contributed by atoms with E-state index >= 15 is 0 Å². The number of aliphatic hydroxyl groups is 1. The van der Waals surface area contributed by atoms with E-state index in [-0.39, 0.29) is 0 Å². The van der Waals surface area contributed by atoms with E-state index < -0.39 is 0 Å². The van der Waals surface area contributed by atoms with E-state index in [2.05, 4.69) is 17.0 Å². The van der Waals surface area contributed by atoms with E-state index in [1.807, 2.05) is 19.1 Å². The van der Waals surface area contributed by atoms with Crippen LogP contribution in [-0.4, -0.2) is 36.3 Å². The van der Waals surface area contributed by atoms with Gasteiger partial charge in [-0.25, -0.2) is 0 Å². The number of rotatable bonds is 6. The van der Waals surface area contributed by atoms with Crippen molar-refractivity contribution < 1.29 is 9.84 Å². The number of para-hydroxylation sites is 1. The minimum absolute atomic E-state index is 0.314. The summed E-state index contributed by atoms with van der Waals surface area (Å²) in [5.74, 6) is 1.67. The summed E-state index contributed by atoms with van der Waals surface area (Å²) in [7, 11) is 0. The maximum Gasteiger partial charge on any atom is 0.123 e. The quantitative estimate of drug-likeness (QED) is 0.839. The lowest BCUT2D eigenvalue weighted by atomic mass is 10.1. The molecule has 3 heteroatoms. The summed E-state index contributed by atoms with van der Waals surface area (Å²) in [5.41, 5.74) is 1.27. The molecule has 0 spiro atoms. The lowest BCUT2D eigenvalue weighted by Crippen LogP contribution is -2.20. The summed E-state index contributed by atoms with van der Waals surface area (Å²) in [4.78, 5) is 2.46. The first-order valence-electron chi connectivity index (χ1n) is 6.87. The van der Waals surface area contributed by atoms with Crippen molar-refractivity contribution in [3.63, 3.8) is 0 Å². The van der Waals surface area contributed by atoms with Gasteiger partial charge in [0.2, 0.25) is 0 Å². The first-order valence-corrected chi connectivity index (χ1v) is 6.87. The zero-order chi connectivity index (χ0) is 12.8. The van der Waals surface area contributed by atoms with Crippen molar-refractivity contribution in [2.45, 2.75) is 26.3 Å². The standard InChI is InChI=1S/C15H23NO2/c1-2-18-15-6-4-3-5-14(15)12-16-9-7-13(11-16)8-10-17/h3-6,13,17H,2,7-12H2,1H3. The topological polar surface area (TPSA) is 32.7 Å². The third-order valence-electron chi connectivity index (χ3n) is 3.57. The summed E-state index contributed by atoms with van der Waals surface area (Å²) in [5, 5.41) is 8.98. The van der Waals surface area contributed by atoms with Crippen LogP contribution in [0.25, 0.3) is 0 Å². The van der Waals surface area contributed by atoms with Gasteiger partial charge < -0.3 is 9.84 Å². The van der Waals surface area contributed by atoms with Crippen molar-refractivity contribution in [3.05, 3.63) is 29.8 Å². The Morgan fingerprint density at radius 1 is 1.39 bits per heavy atom. The summed E-state index contributed by atoms with van der Waals surface area (Å²) >= 11 is 0. The van der Waals surface area contributed by atoms with Gasteiger partial charge in [0, 0.05) is 25.3 Å². The smallest absolute Gasteiger partial charge is 0.123 e. The Hall–Kier alpha value is -1.06.